The Balaban J connectivity index is 1.45. The highest BCUT2D eigenvalue weighted by atomic mass is 32.1. The molecule has 2 aromatic rings. The van der Waals surface area contributed by atoms with Crippen LogP contribution >= 0.6 is 11.3 Å². The summed E-state index contributed by atoms with van der Waals surface area (Å²) in [6, 6.07) is 7.06. The maximum atomic E-state index is 12.6. The summed E-state index contributed by atoms with van der Waals surface area (Å²) < 4.78 is 10.5. The molecule has 1 aromatic carbocycles. The molecule has 1 aromatic heterocycles. The lowest BCUT2D eigenvalue weighted by molar-refractivity contribution is -0.143. The van der Waals surface area contributed by atoms with Gasteiger partial charge in [-0.15, -0.1) is 11.3 Å². The number of ether oxygens (including phenoxy) is 2. The fourth-order valence-electron chi connectivity index (χ4n) is 4.16. The second-order valence-electron chi connectivity index (χ2n) is 7.73. The third kappa shape index (κ3) is 4.58. The molecule has 0 spiro atoms. The number of carbonyl (C=O) groups excluding carboxylic acids is 2. The average Bonchev–Trinajstić information content (AvgIpc) is 3.30. The minimum absolute atomic E-state index is 0.0826. The predicted molar refractivity (Wildman–Crippen MR) is 117 cm³/mol. The van der Waals surface area contributed by atoms with Crippen LogP contribution in [0.25, 0.3) is 0 Å². The largest absolute Gasteiger partial charge is 0.493 e. The summed E-state index contributed by atoms with van der Waals surface area (Å²) in [4.78, 5) is 26.2. The van der Waals surface area contributed by atoms with Crippen LogP contribution in [0.15, 0.2) is 18.2 Å². The minimum Gasteiger partial charge on any atom is -0.493 e. The van der Waals surface area contributed by atoms with E-state index >= 15 is 0 Å². The van der Waals surface area contributed by atoms with Crippen LogP contribution in [-0.4, -0.2) is 32.1 Å². The Bertz CT molecular complexity index is 1040. The fraction of sp³-hybridized carbons (Fsp3) is 0.435. The number of esters is 1. The summed E-state index contributed by atoms with van der Waals surface area (Å²) >= 11 is 1.50. The van der Waals surface area contributed by atoms with Crippen molar-refractivity contribution >= 4 is 28.2 Å². The maximum Gasteiger partial charge on any atom is 0.327 e. The zero-order valence-corrected chi connectivity index (χ0v) is 18.3. The third-order valence-corrected chi connectivity index (χ3v) is 6.94. The van der Waals surface area contributed by atoms with Gasteiger partial charge in [0.2, 0.25) is 5.91 Å². The van der Waals surface area contributed by atoms with Crippen molar-refractivity contribution in [1.29, 1.82) is 5.26 Å². The second kappa shape index (κ2) is 9.50. The van der Waals surface area contributed by atoms with E-state index in [9.17, 15) is 14.9 Å². The Morgan fingerprint density at radius 3 is 2.90 bits per heavy atom. The van der Waals surface area contributed by atoms with Gasteiger partial charge in [0.1, 0.15) is 22.9 Å². The molecule has 1 amide bonds. The van der Waals surface area contributed by atoms with Gasteiger partial charge in [-0.3, -0.25) is 10.1 Å². The van der Waals surface area contributed by atoms with Crippen LogP contribution in [0.1, 0.15) is 52.4 Å². The number of thiophene rings is 1. The van der Waals surface area contributed by atoms with Crippen molar-refractivity contribution in [2.24, 2.45) is 0 Å². The van der Waals surface area contributed by atoms with E-state index in [1.807, 2.05) is 12.1 Å². The van der Waals surface area contributed by atoms with Crippen LogP contribution in [-0.2, 0) is 33.6 Å². The van der Waals surface area contributed by atoms with Gasteiger partial charge in [0.25, 0.3) is 0 Å². The van der Waals surface area contributed by atoms with Gasteiger partial charge in [0.15, 0.2) is 0 Å². The van der Waals surface area contributed by atoms with Gasteiger partial charge in [-0.05, 0) is 54.5 Å². The highest BCUT2D eigenvalue weighted by Gasteiger charge is 2.25. The van der Waals surface area contributed by atoms with Gasteiger partial charge in [-0.1, -0.05) is 12.5 Å². The number of nitriles is 1. The number of nitrogens with one attached hydrogen (secondary N) is 2. The molecule has 31 heavy (non-hydrogen) atoms. The van der Waals surface area contributed by atoms with Gasteiger partial charge in [0.05, 0.1) is 25.8 Å². The molecule has 162 valence electrons. The maximum absolute atomic E-state index is 12.6. The molecule has 0 radical (unpaired) electrons. The van der Waals surface area contributed by atoms with Crippen molar-refractivity contribution in [3.05, 3.63) is 45.3 Å². The molecular weight excluding hydrogens is 414 g/mol. The predicted octanol–water partition coefficient (Wildman–Crippen LogP) is 3.27. The highest BCUT2D eigenvalue weighted by Crippen LogP contribution is 2.37. The zero-order valence-electron chi connectivity index (χ0n) is 17.5. The Hall–Kier alpha value is -2.89. The number of aryl methyl sites for hydroxylation is 1. The lowest BCUT2D eigenvalue weighted by Gasteiger charge is -2.17. The van der Waals surface area contributed by atoms with Gasteiger partial charge >= 0.3 is 5.97 Å². The molecule has 1 aliphatic carbocycles. The van der Waals surface area contributed by atoms with E-state index in [0.29, 0.717) is 17.2 Å². The molecular formula is C23H25N3O4S. The molecule has 0 bridgehead atoms. The Labute approximate surface area is 185 Å². The van der Waals surface area contributed by atoms with Crippen molar-refractivity contribution in [3.63, 3.8) is 0 Å². The number of fused-ring (bicyclic) bond motifs is 2. The van der Waals surface area contributed by atoms with Crippen LogP contribution < -0.4 is 15.4 Å². The standard InChI is InChI=1S/C23H25N3O4S/c1-29-23(28)21(15-7-8-18-14(11-15)9-10-30-18)25-13-20(27)26-22-17(12-24)16-5-3-2-4-6-19(16)31-22/h7-8,11,21,25H,2-6,9-10,13H2,1H3,(H,26,27)/t21-/m1/s1. The van der Waals surface area contributed by atoms with E-state index in [1.165, 1.54) is 29.7 Å². The zero-order chi connectivity index (χ0) is 21.8. The van der Waals surface area contributed by atoms with Crippen molar-refractivity contribution in [1.82, 2.24) is 5.32 Å². The van der Waals surface area contributed by atoms with Crippen molar-refractivity contribution < 1.29 is 19.1 Å². The highest BCUT2D eigenvalue weighted by molar-refractivity contribution is 7.16. The number of benzene rings is 1. The monoisotopic (exact) mass is 439 g/mol. The molecule has 7 nitrogen and oxygen atoms in total. The number of hydrogen-bond donors (Lipinski definition) is 2. The molecule has 2 N–H and O–H groups in total. The summed E-state index contributed by atoms with van der Waals surface area (Å²) in [6.07, 6.45) is 5.98. The Morgan fingerprint density at radius 2 is 2.10 bits per heavy atom. The first-order valence-electron chi connectivity index (χ1n) is 10.5. The van der Waals surface area contributed by atoms with Gasteiger partial charge in [-0.25, -0.2) is 4.79 Å². The second-order valence-corrected chi connectivity index (χ2v) is 8.84. The first-order valence-corrected chi connectivity index (χ1v) is 11.3. The van der Waals surface area contributed by atoms with E-state index in [4.69, 9.17) is 9.47 Å². The van der Waals surface area contributed by atoms with E-state index < -0.39 is 12.0 Å². The van der Waals surface area contributed by atoms with E-state index in [0.717, 1.165) is 54.5 Å². The fourth-order valence-corrected chi connectivity index (χ4v) is 5.41. The number of hydrogen-bond acceptors (Lipinski definition) is 7. The van der Waals surface area contributed by atoms with Crippen LogP contribution in [0.3, 0.4) is 0 Å². The molecule has 0 unspecified atom stereocenters. The lowest BCUT2D eigenvalue weighted by atomic mass is 10.0. The summed E-state index contributed by atoms with van der Waals surface area (Å²) in [5, 5.41) is 16.1. The first kappa shape index (κ1) is 21.3. The smallest absolute Gasteiger partial charge is 0.327 e. The number of nitrogens with zero attached hydrogens (tertiary/aromatic N) is 1. The van der Waals surface area contributed by atoms with Crippen molar-refractivity contribution in [3.8, 4) is 11.8 Å². The van der Waals surface area contributed by atoms with Crippen LogP contribution in [0.5, 0.6) is 5.75 Å². The molecule has 2 aliphatic rings. The molecule has 1 atom stereocenters. The van der Waals surface area contributed by atoms with Crippen LogP contribution in [0, 0.1) is 11.3 Å². The molecule has 0 saturated heterocycles. The van der Waals surface area contributed by atoms with E-state index in [2.05, 4.69) is 16.7 Å². The third-order valence-electron chi connectivity index (χ3n) is 5.74. The number of methoxy groups -OCH3 is 1. The van der Waals surface area contributed by atoms with Crippen molar-refractivity contribution in [2.75, 3.05) is 25.6 Å². The summed E-state index contributed by atoms with van der Waals surface area (Å²) in [5.74, 6) is 0.0603. The number of amides is 1. The van der Waals surface area contributed by atoms with Gasteiger partial charge < -0.3 is 14.8 Å². The minimum atomic E-state index is -0.767. The number of carbonyl (C=O) groups is 2. The average molecular weight is 440 g/mol. The molecule has 1 aliphatic heterocycles. The number of anilines is 1. The van der Waals surface area contributed by atoms with Gasteiger partial charge in [0, 0.05) is 11.3 Å². The first-order chi connectivity index (χ1) is 15.1. The lowest BCUT2D eigenvalue weighted by Crippen LogP contribution is -2.35. The van der Waals surface area contributed by atoms with Crippen LogP contribution in [0.2, 0.25) is 0 Å². The van der Waals surface area contributed by atoms with E-state index in [-0.39, 0.29) is 12.5 Å². The molecule has 4 rings (SSSR count). The summed E-state index contributed by atoms with van der Waals surface area (Å²) in [5.41, 5.74) is 3.43. The molecule has 8 heteroatoms. The number of rotatable bonds is 6. The SMILES string of the molecule is COC(=O)[C@H](NCC(=O)Nc1sc2c(c1C#N)CCCCC2)c1ccc2c(c1)CCO2. The van der Waals surface area contributed by atoms with Crippen LogP contribution in [0.4, 0.5) is 5.00 Å². The Morgan fingerprint density at radius 1 is 1.26 bits per heavy atom. The molecule has 2 heterocycles. The quantitative estimate of drug-likeness (QED) is 0.529. The topological polar surface area (TPSA) is 100 Å². The summed E-state index contributed by atoms with van der Waals surface area (Å²) in [6.45, 7) is 0.546. The van der Waals surface area contributed by atoms with E-state index in [1.54, 1.807) is 6.07 Å². The molecule has 0 saturated carbocycles. The van der Waals surface area contributed by atoms with Gasteiger partial charge in [-0.2, -0.15) is 5.26 Å². The molecule has 0 fully saturated rings. The Kier molecular flexibility index (Phi) is 6.54. The normalized spacial score (nSPS) is 15.6. The van der Waals surface area contributed by atoms with Crippen molar-refractivity contribution in [2.45, 2.75) is 44.6 Å². The summed E-state index contributed by atoms with van der Waals surface area (Å²) in [7, 11) is 1.32.